The van der Waals surface area contributed by atoms with Crippen LogP contribution in [-0.2, 0) is 11.3 Å². The fourth-order valence-corrected chi connectivity index (χ4v) is 4.72. The molecule has 1 aliphatic rings. The van der Waals surface area contributed by atoms with Gasteiger partial charge in [-0.2, -0.15) is 0 Å². The Bertz CT molecular complexity index is 956. The highest BCUT2D eigenvalue weighted by Gasteiger charge is 2.24. The predicted octanol–water partition coefficient (Wildman–Crippen LogP) is 3.84. The van der Waals surface area contributed by atoms with Crippen LogP contribution in [0.1, 0.15) is 16.7 Å². The molecule has 0 radical (unpaired) electrons. The minimum absolute atomic E-state index is 0. The Morgan fingerprint density at radius 2 is 2.03 bits per heavy atom. The van der Waals surface area contributed by atoms with Crippen LogP contribution in [0.15, 0.2) is 59.0 Å². The quantitative estimate of drug-likeness (QED) is 0.259. The number of aliphatic imine (C=N–C) groups is 1. The highest BCUT2D eigenvalue weighted by Crippen LogP contribution is 2.25. The Kier molecular flexibility index (Phi) is 9.51. The van der Waals surface area contributed by atoms with Crippen molar-refractivity contribution in [3.8, 4) is 11.3 Å². The van der Waals surface area contributed by atoms with Crippen molar-refractivity contribution in [1.29, 1.82) is 0 Å². The van der Waals surface area contributed by atoms with E-state index in [1.54, 1.807) is 11.3 Å². The zero-order valence-corrected chi connectivity index (χ0v) is 21.7. The van der Waals surface area contributed by atoms with Gasteiger partial charge in [-0.3, -0.25) is 9.89 Å². The van der Waals surface area contributed by atoms with Crippen molar-refractivity contribution in [2.45, 2.75) is 12.6 Å². The highest BCUT2D eigenvalue weighted by atomic mass is 127. The van der Waals surface area contributed by atoms with Crippen LogP contribution >= 0.6 is 35.3 Å². The zero-order valence-electron chi connectivity index (χ0n) is 18.5. The lowest BCUT2D eigenvalue weighted by Crippen LogP contribution is -2.46. The Morgan fingerprint density at radius 1 is 1.25 bits per heavy atom. The molecule has 3 aromatic rings. The largest absolute Gasteiger partial charge is 0.379 e. The van der Waals surface area contributed by atoms with Crippen LogP contribution in [0.4, 0.5) is 0 Å². The predicted molar refractivity (Wildman–Crippen MR) is 142 cm³/mol. The van der Waals surface area contributed by atoms with Gasteiger partial charge in [0.05, 0.1) is 37.7 Å². The molecular formula is C23H31IN6OS. The number of aromatic amines is 1. The lowest BCUT2D eigenvalue weighted by Gasteiger charge is -2.35. The lowest BCUT2D eigenvalue weighted by molar-refractivity contribution is 0.0176. The molecule has 1 atom stereocenters. The lowest BCUT2D eigenvalue weighted by atomic mass is 10.2. The maximum Gasteiger partial charge on any atom is 0.193 e. The molecule has 1 aromatic carbocycles. The van der Waals surface area contributed by atoms with Crippen molar-refractivity contribution in [3.63, 3.8) is 0 Å². The molecule has 0 spiro atoms. The first-order valence-electron chi connectivity index (χ1n) is 10.6. The Balaban J connectivity index is 0.00000289. The van der Waals surface area contributed by atoms with Crippen LogP contribution in [0.2, 0.25) is 0 Å². The number of guanidine groups is 1. The average molecular weight is 567 g/mol. The minimum Gasteiger partial charge on any atom is -0.379 e. The van der Waals surface area contributed by atoms with Gasteiger partial charge in [0.1, 0.15) is 5.82 Å². The van der Waals surface area contributed by atoms with E-state index in [-0.39, 0.29) is 24.0 Å². The zero-order chi connectivity index (χ0) is 21.5. The van der Waals surface area contributed by atoms with Crippen molar-refractivity contribution in [2.24, 2.45) is 4.99 Å². The van der Waals surface area contributed by atoms with Gasteiger partial charge in [0, 0.05) is 38.6 Å². The Labute approximate surface area is 210 Å². The third-order valence-corrected chi connectivity index (χ3v) is 6.46. The van der Waals surface area contributed by atoms with E-state index in [1.165, 1.54) is 4.88 Å². The van der Waals surface area contributed by atoms with E-state index in [4.69, 9.17) is 4.74 Å². The number of morpholine rings is 1. The monoisotopic (exact) mass is 566 g/mol. The van der Waals surface area contributed by atoms with Gasteiger partial charge in [-0.25, -0.2) is 4.98 Å². The molecule has 0 bridgehead atoms. The van der Waals surface area contributed by atoms with Gasteiger partial charge in [0.15, 0.2) is 5.96 Å². The van der Waals surface area contributed by atoms with E-state index in [0.717, 1.165) is 55.9 Å². The number of imidazole rings is 1. The summed E-state index contributed by atoms with van der Waals surface area (Å²) < 4.78 is 5.55. The third kappa shape index (κ3) is 6.31. The van der Waals surface area contributed by atoms with Crippen molar-refractivity contribution in [3.05, 3.63) is 64.7 Å². The van der Waals surface area contributed by atoms with Gasteiger partial charge in [-0.15, -0.1) is 35.3 Å². The first kappa shape index (κ1) is 24.7. The minimum atomic E-state index is 0. The molecule has 172 valence electrons. The number of H-pyrrole nitrogens is 1. The molecule has 0 aliphatic carbocycles. The molecule has 7 nitrogen and oxygen atoms in total. The molecular weight excluding hydrogens is 535 g/mol. The van der Waals surface area contributed by atoms with Gasteiger partial charge >= 0.3 is 0 Å². The normalized spacial score (nSPS) is 15.8. The fourth-order valence-electron chi connectivity index (χ4n) is 3.86. The molecule has 3 heterocycles. The number of rotatable bonds is 7. The number of benzene rings is 1. The second-order valence-corrected chi connectivity index (χ2v) is 8.55. The second-order valence-electron chi connectivity index (χ2n) is 7.57. The first-order chi connectivity index (χ1) is 15.2. The summed E-state index contributed by atoms with van der Waals surface area (Å²) >= 11 is 1.80. The molecule has 2 N–H and O–H groups in total. The number of nitrogens with zero attached hydrogens (tertiary/aromatic N) is 4. The molecule has 4 rings (SSSR count). The maximum absolute atomic E-state index is 5.55. The van der Waals surface area contributed by atoms with Gasteiger partial charge in [-0.1, -0.05) is 36.4 Å². The van der Waals surface area contributed by atoms with Crippen molar-refractivity contribution < 1.29 is 4.74 Å². The van der Waals surface area contributed by atoms with Crippen LogP contribution in [0.3, 0.4) is 0 Å². The third-order valence-electron chi connectivity index (χ3n) is 5.49. The maximum atomic E-state index is 5.55. The van der Waals surface area contributed by atoms with Gasteiger partial charge in [-0.05, 0) is 17.0 Å². The van der Waals surface area contributed by atoms with Gasteiger partial charge in [0.2, 0.25) is 0 Å². The van der Waals surface area contributed by atoms with E-state index in [1.807, 2.05) is 38.5 Å². The number of ether oxygens (including phenoxy) is 1. The summed E-state index contributed by atoms with van der Waals surface area (Å²) in [5, 5.41) is 5.72. The Morgan fingerprint density at radius 3 is 2.72 bits per heavy atom. The first-order valence-corrected chi connectivity index (χ1v) is 11.5. The van der Waals surface area contributed by atoms with Gasteiger partial charge in [0.25, 0.3) is 0 Å². The summed E-state index contributed by atoms with van der Waals surface area (Å²) in [6.07, 6.45) is 1.89. The number of hydrogen-bond donors (Lipinski definition) is 2. The number of nitrogens with one attached hydrogen (secondary N) is 2. The summed E-state index contributed by atoms with van der Waals surface area (Å²) in [6.45, 7) is 4.93. The van der Waals surface area contributed by atoms with Crippen molar-refractivity contribution in [1.82, 2.24) is 25.1 Å². The van der Waals surface area contributed by atoms with Crippen LogP contribution in [0.5, 0.6) is 0 Å². The van der Waals surface area contributed by atoms with Crippen LogP contribution in [0.25, 0.3) is 11.3 Å². The van der Waals surface area contributed by atoms with Crippen LogP contribution < -0.4 is 5.32 Å². The molecule has 9 heteroatoms. The summed E-state index contributed by atoms with van der Waals surface area (Å²) in [4.78, 5) is 18.4. The summed E-state index contributed by atoms with van der Waals surface area (Å²) in [7, 11) is 3.86. The number of halogens is 1. The van der Waals surface area contributed by atoms with E-state index in [2.05, 4.69) is 59.7 Å². The molecule has 1 unspecified atom stereocenters. The molecule has 2 aromatic heterocycles. The number of thiophene rings is 1. The summed E-state index contributed by atoms with van der Waals surface area (Å²) in [6, 6.07) is 14.9. The SMILES string of the molecule is CN=C(NCC(c1cccs1)N1CCOCC1)N(C)Cc1ncc(-c2ccccc2)[nH]1.I. The van der Waals surface area contributed by atoms with Crippen molar-refractivity contribution in [2.75, 3.05) is 46.9 Å². The van der Waals surface area contributed by atoms with Crippen LogP contribution in [-0.4, -0.2) is 72.7 Å². The second kappa shape index (κ2) is 12.3. The summed E-state index contributed by atoms with van der Waals surface area (Å²) in [5.41, 5.74) is 2.16. The van der Waals surface area contributed by atoms with Crippen molar-refractivity contribution >= 4 is 41.3 Å². The molecule has 1 fully saturated rings. The smallest absolute Gasteiger partial charge is 0.193 e. The Hall–Kier alpha value is -1.95. The number of hydrogen-bond acceptors (Lipinski definition) is 5. The molecule has 0 saturated carbocycles. The summed E-state index contributed by atoms with van der Waals surface area (Å²) in [5.74, 6) is 1.76. The van der Waals surface area contributed by atoms with E-state index in [0.29, 0.717) is 12.6 Å². The van der Waals surface area contributed by atoms with Crippen LogP contribution in [0, 0.1) is 0 Å². The molecule has 1 saturated heterocycles. The fraction of sp³-hybridized carbons (Fsp3) is 0.391. The topological polar surface area (TPSA) is 68.8 Å². The molecule has 1 aliphatic heterocycles. The number of aromatic nitrogens is 2. The average Bonchev–Trinajstić information content (AvgIpc) is 3.50. The molecule has 32 heavy (non-hydrogen) atoms. The van der Waals surface area contributed by atoms with E-state index < -0.39 is 0 Å². The van der Waals surface area contributed by atoms with Gasteiger partial charge < -0.3 is 19.9 Å². The van der Waals surface area contributed by atoms with E-state index in [9.17, 15) is 0 Å². The standard InChI is InChI=1S/C23H30N6OS.HI/c1-24-23(26-16-20(21-9-6-14-31-21)29-10-12-30-13-11-29)28(2)17-22-25-15-19(27-22)18-7-4-3-5-8-18;/h3-9,14-15,20H,10-13,16-17H2,1-2H3,(H,24,26)(H,25,27);1H. The highest BCUT2D eigenvalue weighted by molar-refractivity contribution is 14.0. The van der Waals surface area contributed by atoms with E-state index >= 15 is 0 Å². The molecule has 0 amide bonds.